The molecule has 1 amide bonds. The largest absolute Gasteiger partial charge is 0.504 e. The summed E-state index contributed by atoms with van der Waals surface area (Å²) >= 11 is 7.04. The van der Waals surface area contributed by atoms with Gasteiger partial charge in [0.1, 0.15) is 0 Å². The number of amides is 1. The maximum atomic E-state index is 11.0. The van der Waals surface area contributed by atoms with Gasteiger partial charge in [-0.3, -0.25) is 4.79 Å². The van der Waals surface area contributed by atoms with Crippen LogP contribution >= 0.6 is 23.4 Å². The van der Waals surface area contributed by atoms with Crippen LogP contribution in [0.15, 0.2) is 22.3 Å². The molecule has 20 heavy (non-hydrogen) atoms. The van der Waals surface area contributed by atoms with Crippen molar-refractivity contribution in [2.75, 3.05) is 12.9 Å². The first kappa shape index (κ1) is 14.7. The number of ether oxygens (including phenoxy) is 1. The Kier molecular flexibility index (Phi) is 4.86. The Morgan fingerprint density at radius 3 is 3.00 bits per heavy atom. The summed E-state index contributed by atoms with van der Waals surface area (Å²) in [6, 6.07) is 3.31. The zero-order chi connectivity index (χ0) is 14.5. The van der Waals surface area contributed by atoms with Gasteiger partial charge in [-0.2, -0.15) is 5.10 Å². The monoisotopic (exact) mass is 313 g/mol. The molecule has 106 valence electrons. The molecule has 1 fully saturated rings. The number of methoxy groups -OCH3 is 1. The Morgan fingerprint density at radius 1 is 1.60 bits per heavy atom. The highest BCUT2D eigenvalue weighted by Gasteiger charge is 2.16. The summed E-state index contributed by atoms with van der Waals surface area (Å²) < 4.78 is 5.05. The molecular formula is C12H12ClN3O3S. The molecular weight excluding hydrogens is 302 g/mol. The highest BCUT2D eigenvalue weighted by atomic mass is 35.5. The minimum absolute atomic E-state index is 0.0181. The van der Waals surface area contributed by atoms with E-state index >= 15 is 0 Å². The van der Waals surface area contributed by atoms with E-state index in [4.69, 9.17) is 16.3 Å². The Morgan fingerprint density at radius 2 is 2.40 bits per heavy atom. The van der Waals surface area contributed by atoms with Gasteiger partial charge in [-0.1, -0.05) is 11.8 Å². The standard InChI is InChI=1S/C12H12ClN3O3S/c1-19-9-3-7(2-8(4-13)11(9)18)5-14-16-12-15-10(17)6-20-12/h2-3,5,18H,4,6H2,1H3,(H,15,16,17). The van der Waals surface area contributed by atoms with Crippen molar-refractivity contribution in [2.24, 2.45) is 10.2 Å². The summed E-state index contributed by atoms with van der Waals surface area (Å²) in [6.45, 7) is 0. The third-order valence-electron chi connectivity index (χ3n) is 2.48. The fourth-order valence-electron chi connectivity index (χ4n) is 1.55. The number of hydrogen-bond acceptors (Lipinski definition) is 6. The number of alkyl halides is 1. The SMILES string of the molecule is COc1cc(C=NN=C2NC(=O)CS2)cc(CCl)c1O. The summed E-state index contributed by atoms with van der Waals surface area (Å²) in [4.78, 5) is 11.0. The lowest BCUT2D eigenvalue weighted by Gasteiger charge is -2.08. The summed E-state index contributed by atoms with van der Waals surface area (Å²) in [5, 5.41) is 20.6. The van der Waals surface area contributed by atoms with Gasteiger partial charge in [-0.15, -0.1) is 16.7 Å². The normalized spacial score (nSPS) is 16.9. The summed E-state index contributed by atoms with van der Waals surface area (Å²) in [6.07, 6.45) is 1.50. The van der Waals surface area contributed by atoms with Crippen molar-refractivity contribution < 1.29 is 14.6 Å². The highest BCUT2D eigenvalue weighted by molar-refractivity contribution is 8.15. The first-order valence-electron chi connectivity index (χ1n) is 5.63. The maximum Gasteiger partial charge on any atom is 0.236 e. The minimum Gasteiger partial charge on any atom is -0.504 e. The van der Waals surface area contributed by atoms with Crippen molar-refractivity contribution in [1.29, 1.82) is 0 Å². The summed E-state index contributed by atoms with van der Waals surface area (Å²) in [5.74, 6) is 0.771. The third kappa shape index (κ3) is 3.43. The van der Waals surface area contributed by atoms with Crippen LogP contribution in [-0.4, -0.2) is 35.3 Å². The number of carbonyl (C=O) groups excluding carboxylic acids is 1. The number of amidine groups is 1. The fraction of sp³-hybridized carbons (Fsp3) is 0.250. The number of benzene rings is 1. The van der Waals surface area contributed by atoms with Crippen molar-refractivity contribution >= 4 is 40.7 Å². The van der Waals surface area contributed by atoms with Gasteiger partial charge >= 0.3 is 0 Å². The predicted molar refractivity (Wildman–Crippen MR) is 79.8 cm³/mol. The first-order chi connectivity index (χ1) is 9.63. The Bertz CT molecular complexity index is 564. The van der Waals surface area contributed by atoms with Gasteiger partial charge in [-0.25, -0.2) is 0 Å². The third-order valence-corrected chi connectivity index (χ3v) is 3.63. The topological polar surface area (TPSA) is 83.3 Å². The van der Waals surface area contributed by atoms with E-state index < -0.39 is 0 Å². The van der Waals surface area contributed by atoms with Crippen LogP contribution in [0, 0.1) is 0 Å². The lowest BCUT2D eigenvalue weighted by Crippen LogP contribution is -2.19. The Labute approximate surface area is 124 Å². The summed E-state index contributed by atoms with van der Waals surface area (Å²) in [7, 11) is 1.46. The molecule has 2 N–H and O–H groups in total. The van der Waals surface area contributed by atoms with Crippen LogP contribution in [0.4, 0.5) is 0 Å². The number of phenolic OH excluding ortho intramolecular Hbond substituents is 1. The van der Waals surface area contributed by atoms with E-state index in [0.29, 0.717) is 27.8 Å². The van der Waals surface area contributed by atoms with Crippen LogP contribution in [0.3, 0.4) is 0 Å². The Hall–Kier alpha value is -1.73. The van der Waals surface area contributed by atoms with Gasteiger partial charge in [0.05, 0.1) is 25.0 Å². The van der Waals surface area contributed by atoms with Crippen molar-refractivity contribution in [3.8, 4) is 11.5 Å². The van der Waals surface area contributed by atoms with Gasteiger partial charge in [0, 0.05) is 5.56 Å². The maximum absolute atomic E-state index is 11.0. The number of rotatable bonds is 4. The van der Waals surface area contributed by atoms with Crippen LogP contribution < -0.4 is 10.1 Å². The smallest absolute Gasteiger partial charge is 0.236 e. The van der Waals surface area contributed by atoms with E-state index in [0.717, 1.165) is 0 Å². The number of phenols is 1. The van der Waals surface area contributed by atoms with Crippen molar-refractivity contribution in [3.63, 3.8) is 0 Å². The second kappa shape index (κ2) is 6.62. The van der Waals surface area contributed by atoms with Gasteiger partial charge in [0.25, 0.3) is 0 Å². The molecule has 1 heterocycles. The van der Waals surface area contributed by atoms with E-state index in [2.05, 4.69) is 15.5 Å². The predicted octanol–water partition coefficient (Wildman–Crippen LogP) is 1.69. The molecule has 0 aliphatic carbocycles. The zero-order valence-electron chi connectivity index (χ0n) is 10.6. The molecule has 0 saturated carbocycles. The molecule has 0 unspecified atom stereocenters. The fourth-order valence-corrected chi connectivity index (χ4v) is 2.38. The van der Waals surface area contributed by atoms with Gasteiger partial charge < -0.3 is 15.2 Å². The number of aromatic hydroxyl groups is 1. The van der Waals surface area contributed by atoms with Crippen LogP contribution in [-0.2, 0) is 10.7 Å². The molecule has 1 aromatic carbocycles. The second-order valence-electron chi connectivity index (χ2n) is 3.85. The van der Waals surface area contributed by atoms with Crippen molar-refractivity contribution in [2.45, 2.75) is 5.88 Å². The second-order valence-corrected chi connectivity index (χ2v) is 5.08. The molecule has 1 saturated heterocycles. The van der Waals surface area contributed by atoms with Crippen LogP contribution in [0.2, 0.25) is 0 Å². The Balaban J connectivity index is 2.18. The average Bonchev–Trinajstić information content (AvgIpc) is 2.86. The molecule has 1 aliphatic rings. The van der Waals surface area contributed by atoms with Gasteiger partial charge in [0.2, 0.25) is 5.91 Å². The number of hydrogen-bond donors (Lipinski definition) is 2. The number of carbonyl (C=O) groups is 1. The highest BCUT2D eigenvalue weighted by Crippen LogP contribution is 2.31. The van der Waals surface area contributed by atoms with E-state index in [1.165, 1.54) is 25.1 Å². The number of halogens is 1. The number of nitrogens with zero attached hydrogens (tertiary/aromatic N) is 2. The van der Waals surface area contributed by atoms with E-state index in [9.17, 15) is 9.90 Å². The molecule has 0 radical (unpaired) electrons. The molecule has 0 aromatic heterocycles. The van der Waals surface area contributed by atoms with Crippen LogP contribution in [0.1, 0.15) is 11.1 Å². The molecule has 1 aliphatic heterocycles. The van der Waals surface area contributed by atoms with Gasteiger partial charge in [0.15, 0.2) is 16.7 Å². The molecule has 2 rings (SSSR count). The molecule has 0 bridgehead atoms. The van der Waals surface area contributed by atoms with Crippen LogP contribution in [0.5, 0.6) is 11.5 Å². The lowest BCUT2D eigenvalue weighted by atomic mass is 10.1. The zero-order valence-corrected chi connectivity index (χ0v) is 12.2. The van der Waals surface area contributed by atoms with Crippen molar-refractivity contribution in [3.05, 3.63) is 23.3 Å². The molecule has 0 atom stereocenters. The average molecular weight is 314 g/mol. The van der Waals surface area contributed by atoms with Crippen molar-refractivity contribution in [1.82, 2.24) is 5.32 Å². The van der Waals surface area contributed by atoms with E-state index in [-0.39, 0.29) is 17.5 Å². The molecule has 8 heteroatoms. The molecule has 6 nitrogen and oxygen atoms in total. The van der Waals surface area contributed by atoms with Gasteiger partial charge in [-0.05, 0) is 17.7 Å². The lowest BCUT2D eigenvalue weighted by molar-refractivity contribution is -0.116. The minimum atomic E-state index is -0.0836. The number of nitrogens with one attached hydrogen (secondary N) is 1. The summed E-state index contributed by atoms with van der Waals surface area (Å²) in [5.41, 5.74) is 1.23. The molecule has 0 spiro atoms. The van der Waals surface area contributed by atoms with E-state index in [1.54, 1.807) is 12.1 Å². The first-order valence-corrected chi connectivity index (χ1v) is 7.15. The number of thioether (sulfide) groups is 1. The van der Waals surface area contributed by atoms with Crippen LogP contribution in [0.25, 0.3) is 0 Å². The molecule has 1 aromatic rings. The quantitative estimate of drug-likeness (QED) is 0.503. The van der Waals surface area contributed by atoms with E-state index in [1.807, 2.05) is 0 Å².